The van der Waals surface area contributed by atoms with Gasteiger partial charge in [-0.25, -0.2) is 9.97 Å². The number of carbonyl (C=O) groups is 1. The summed E-state index contributed by atoms with van der Waals surface area (Å²) in [6.07, 6.45) is 5.12. The molecule has 5 aromatic rings. The van der Waals surface area contributed by atoms with E-state index in [2.05, 4.69) is 47.5 Å². The highest BCUT2D eigenvalue weighted by Gasteiger charge is 2.17. The van der Waals surface area contributed by atoms with Crippen molar-refractivity contribution in [3.8, 4) is 22.4 Å². The molecule has 1 aromatic heterocycles. The number of carbonyl (C=O) groups excluding carboxylic acids is 1. The monoisotopic (exact) mass is 541 g/mol. The number of aromatic nitrogens is 2. The van der Waals surface area contributed by atoms with Gasteiger partial charge in [0.05, 0.1) is 11.2 Å². The molecular weight excluding hydrogens is 506 g/mol. The van der Waals surface area contributed by atoms with Crippen LogP contribution in [0.4, 0.5) is 11.6 Å². The Kier molecular flexibility index (Phi) is 7.74. The Bertz CT molecular complexity index is 1690. The number of nitrogens with zero attached hydrogens (tertiary/aromatic N) is 3. The van der Waals surface area contributed by atoms with Crippen LogP contribution in [0.15, 0.2) is 91.0 Å². The van der Waals surface area contributed by atoms with E-state index in [1.54, 1.807) is 6.07 Å². The summed E-state index contributed by atoms with van der Waals surface area (Å²) in [4.78, 5) is 24.8. The Balaban J connectivity index is 1.37. The average Bonchev–Trinajstić information content (AvgIpc) is 3.27. The van der Waals surface area contributed by atoms with E-state index in [9.17, 15) is 4.79 Å². The summed E-state index contributed by atoms with van der Waals surface area (Å²) in [5.41, 5.74) is 14.1. The number of amides is 1. The Morgan fingerprint density at radius 1 is 0.829 bits per heavy atom. The number of primary amides is 1. The van der Waals surface area contributed by atoms with Crippen LogP contribution in [-0.2, 0) is 6.54 Å². The van der Waals surface area contributed by atoms with Crippen molar-refractivity contribution in [1.82, 2.24) is 14.9 Å². The maximum absolute atomic E-state index is 12.5. The van der Waals surface area contributed by atoms with Crippen molar-refractivity contribution in [1.29, 1.82) is 0 Å². The van der Waals surface area contributed by atoms with Gasteiger partial charge in [-0.2, -0.15) is 0 Å². The normalized spacial score (nSPS) is 14.1. The van der Waals surface area contributed by atoms with Crippen LogP contribution in [0.3, 0.4) is 0 Å². The number of nitrogens with one attached hydrogen (secondary N) is 1. The number of para-hydroxylation sites is 1. The van der Waals surface area contributed by atoms with Crippen LogP contribution in [-0.4, -0.2) is 33.9 Å². The lowest BCUT2D eigenvalue weighted by Crippen LogP contribution is -2.24. The Labute approximate surface area is 241 Å². The van der Waals surface area contributed by atoms with Crippen LogP contribution in [0.1, 0.15) is 47.2 Å². The molecule has 0 unspecified atom stereocenters. The van der Waals surface area contributed by atoms with Gasteiger partial charge in [-0.15, -0.1) is 0 Å². The number of benzene rings is 4. The van der Waals surface area contributed by atoms with Gasteiger partial charge in [-0.1, -0.05) is 73.5 Å². The zero-order valence-corrected chi connectivity index (χ0v) is 23.4. The van der Waals surface area contributed by atoms with Crippen LogP contribution in [0.5, 0.6) is 0 Å². The highest BCUT2D eigenvalue weighted by atomic mass is 16.1. The zero-order valence-electron chi connectivity index (χ0n) is 23.4. The standard InChI is InChI=1S/C35H35N5O/c1-24-15-16-25(23-40-19-9-2-3-10-20-40)21-30(24)31-22-27(17-18-28(31)34(36)41)37-35-38-32-14-8-7-13-29(32)33(39-35)26-11-5-4-6-12-26/h4-8,11-18,21-22H,2-3,9-10,19-20,23H2,1H3,(H2,36,41)(H,37,38,39). The molecular formula is C35H35N5O. The largest absolute Gasteiger partial charge is 0.366 e. The van der Waals surface area contributed by atoms with Gasteiger partial charge in [0, 0.05) is 28.7 Å². The van der Waals surface area contributed by atoms with Crippen LogP contribution in [0.2, 0.25) is 0 Å². The van der Waals surface area contributed by atoms with E-state index in [4.69, 9.17) is 15.7 Å². The molecule has 1 saturated heterocycles. The summed E-state index contributed by atoms with van der Waals surface area (Å²) >= 11 is 0. The molecule has 0 atom stereocenters. The Hall–Kier alpha value is -4.55. The smallest absolute Gasteiger partial charge is 0.249 e. The highest BCUT2D eigenvalue weighted by Crippen LogP contribution is 2.33. The number of hydrogen-bond acceptors (Lipinski definition) is 5. The Morgan fingerprint density at radius 3 is 2.37 bits per heavy atom. The first-order chi connectivity index (χ1) is 20.0. The molecule has 1 aliphatic heterocycles. The van der Waals surface area contributed by atoms with Gasteiger partial charge in [0.25, 0.3) is 0 Å². The van der Waals surface area contributed by atoms with Crippen LogP contribution < -0.4 is 11.1 Å². The second-order valence-electron chi connectivity index (χ2n) is 10.9. The highest BCUT2D eigenvalue weighted by molar-refractivity contribution is 6.01. The van der Waals surface area contributed by atoms with Crippen molar-refractivity contribution in [3.05, 3.63) is 108 Å². The molecule has 206 valence electrons. The minimum atomic E-state index is -0.447. The zero-order chi connectivity index (χ0) is 28.2. The van der Waals surface area contributed by atoms with E-state index < -0.39 is 5.91 Å². The maximum atomic E-state index is 12.5. The lowest BCUT2D eigenvalue weighted by Gasteiger charge is -2.21. The first-order valence-electron chi connectivity index (χ1n) is 14.4. The summed E-state index contributed by atoms with van der Waals surface area (Å²) < 4.78 is 0. The second-order valence-corrected chi connectivity index (χ2v) is 10.9. The number of likely N-dealkylation sites (tertiary alicyclic amines) is 1. The topological polar surface area (TPSA) is 84.1 Å². The minimum Gasteiger partial charge on any atom is -0.366 e. The number of hydrogen-bond donors (Lipinski definition) is 2. The summed E-state index contributed by atoms with van der Waals surface area (Å²) in [5.74, 6) is 0.0455. The van der Waals surface area contributed by atoms with E-state index >= 15 is 0 Å². The molecule has 0 bridgehead atoms. The van der Waals surface area contributed by atoms with Crippen LogP contribution in [0, 0.1) is 6.92 Å². The van der Waals surface area contributed by atoms with E-state index in [0.29, 0.717) is 11.5 Å². The fraction of sp³-hybridized carbons (Fsp3) is 0.229. The first kappa shape index (κ1) is 26.7. The van der Waals surface area contributed by atoms with Gasteiger partial charge < -0.3 is 11.1 Å². The van der Waals surface area contributed by atoms with Crippen molar-refractivity contribution < 1.29 is 4.79 Å². The minimum absolute atomic E-state index is 0.447. The summed E-state index contributed by atoms with van der Waals surface area (Å²) in [6.45, 7) is 5.25. The molecule has 0 radical (unpaired) electrons. The van der Waals surface area contributed by atoms with Gasteiger partial charge in [-0.05, 0) is 85.4 Å². The first-order valence-corrected chi connectivity index (χ1v) is 14.4. The van der Waals surface area contributed by atoms with Gasteiger partial charge in [-0.3, -0.25) is 9.69 Å². The van der Waals surface area contributed by atoms with Gasteiger partial charge in [0.1, 0.15) is 0 Å². The van der Waals surface area contributed by atoms with Gasteiger partial charge >= 0.3 is 0 Å². The third-order valence-electron chi connectivity index (χ3n) is 7.89. The summed E-state index contributed by atoms with van der Waals surface area (Å²) in [6, 6.07) is 30.4. The molecule has 4 aromatic carbocycles. The molecule has 41 heavy (non-hydrogen) atoms. The van der Waals surface area contributed by atoms with E-state index in [1.165, 1.54) is 31.2 Å². The fourth-order valence-electron chi connectivity index (χ4n) is 5.75. The van der Waals surface area contributed by atoms with E-state index in [1.807, 2.05) is 54.6 Å². The van der Waals surface area contributed by atoms with Gasteiger partial charge in [0.15, 0.2) is 0 Å². The molecule has 1 fully saturated rings. The predicted octanol–water partition coefficient (Wildman–Crippen LogP) is 7.49. The number of rotatable bonds is 7. The Morgan fingerprint density at radius 2 is 1.59 bits per heavy atom. The molecule has 6 nitrogen and oxygen atoms in total. The molecule has 0 spiro atoms. The predicted molar refractivity (Wildman–Crippen MR) is 167 cm³/mol. The lowest BCUT2D eigenvalue weighted by atomic mass is 9.93. The average molecular weight is 542 g/mol. The molecule has 0 aliphatic carbocycles. The number of fused-ring (bicyclic) bond motifs is 1. The van der Waals surface area contributed by atoms with Crippen molar-refractivity contribution in [3.63, 3.8) is 0 Å². The molecule has 0 saturated carbocycles. The fourth-order valence-corrected chi connectivity index (χ4v) is 5.75. The molecule has 3 N–H and O–H groups in total. The molecule has 1 amide bonds. The molecule has 2 heterocycles. The third-order valence-corrected chi connectivity index (χ3v) is 7.89. The third kappa shape index (κ3) is 5.98. The van der Waals surface area contributed by atoms with Crippen molar-refractivity contribution in [2.75, 3.05) is 18.4 Å². The summed E-state index contributed by atoms with van der Waals surface area (Å²) in [7, 11) is 0. The second kappa shape index (κ2) is 11.9. The maximum Gasteiger partial charge on any atom is 0.249 e. The molecule has 6 rings (SSSR count). The molecule has 6 heteroatoms. The quantitative estimate of drug-likeness (QED) is 0.223. The van der Waals surface area contributed by atoms with E-state index in [-0.39, 0.29) is 0 Å². The lowest BCUT2D eigenvalue weighted by molar-refractivity contribution is 0.100. The van der Waals surface area contributed by atoms with Crippen molar-refractivity contribution >= 4 is 28.4 Å². The number of anilines is 2. The van der Waals surface area contributed by atoms with Crippen LogP contribution in [0.25, 0.3) is 33.3 Å². The van der Waals surface area contributed by atoms with Crippen molar-refractivity contribution in [2.24, 2.45) is 5.73 Å². The van der Waals surface area contributed by atoms with Gasteiger partial charge in [0.2, 0.25) is 11.9 Å². The molecule has 1 aliphatic rings. The number of aryl methyl sites for hydroxylation is 1. The van der Waals surface area contributed by atoms with Crippen molar-refractivity contribution in [2.45, 2.75) is 39.2 Å². The number of nitrogens with two attached hydrogens (primary N) is 1. The van der Waals surface area contributed by atoms with Crippen LogP contribution >= 0.6 is 0 Å². The summed E-state index contributed by atoms with van der Waals surface area (Å²) in [5, 5.41) is 4.40. The SMILES string of the molecule is Cc1ccc(CN2CCCCCC2)cc1-c1cc(Nc2nc(-c3ccccc3)c3ccccc3n2)ccc1C(N)=O. The van der Waals surface area contributed by atoms with E-state index in [0.717, 1.165) is 64.2 Å².